The zero-order chi connectivity index (χ0) is 18.7. The molecule has 0 aromatic heterocycles. The molecule has 2 amide bonds. The third-order valence-electron chi connectivity index (χ3n) is 4.08. The van der Waals surface area contributed by atoms with E-state index in [1.54, 1.807) is 30.3 Å². The van der Waals surface area contributed by atoms with Crippen molar-refractivity contribution in [1.82, 2.24) is 5.32 Å². The van der Waals surface area contributed by atoms with E-state index in [9.17, 15) is 9.59 Å². The van der Waals surface area contributed by atoms with E-state index in [0.717, 1.165) is 5.56 Å². The molecule has 2 aromatic rings. The van der Waals surface area contributed by atoms with Gasteiger partial charge in [-0.25, -0.2) is 0 Å². The first-order chi connectivity index (χ1) is 12.3. The lowest BCUT2D eigenvalue weighted by molar-refractivity contribution is -0.115. The predicted molar refractivity (Wildman–Crippen MR) is 98.7 cm³/mol. The minimum atomic E-state index is -0.316. The second kappa shape index (κ2) is 7.07. The molecule has 0 saturated heterocycles. The molecule has 0 saturated carbocycles. The minimum absolute atomic E-state index is 0.0273. The molecule has 2 aromatic carbocycles. The van der Waals surface area contributed by atoms with Gasteiger partial charge in [0.1, 0.15) is 0 Å². The SMILES string of the molecule is CC(C)(C)c1ccc(C(=O)NCC(=O)Nc2ccc3c(c2)OCO3)cc1. The lowest BCUT2D eigenvalue weighted by Gasteiger charge is -2.19. The van der Waals surface area contributed by atoms with Crippen LogP contribution < -0.4 is 20.1 Å². The van der Waals surface area contributed by atoms with Crippen LogP contribution in [0.15, 0.2) is 42.5 Å². The first kappa shape index (κ1) is 17.8. The number of anilines is 1. The van der Waals surface area contributed by atoms with Crippen molar-refractivity contribution in [3.8, 4) is 11.5 Å². The number of amides is 2. The molecule has 136 valence electrons. The van der Waals surface area contributed by atoms with Gasteiger partial charge in [0, 0.05) is 17.3 Å². The van der Waals surface area contributed by atoms with Crippen LogP contribution in [0.3, 0.4) is 0 Å². The summed E-state index contributed by atoms with van der Waals surface area (Å²) in [6.45, 7) is 6.40. The highest BCUT2D eigenvalue weighted by Gasteiger charge is 2.16. The summed E-state index contributed by atoms with van der Waals surface area (Å²) in [4.78, 5) is 24.2. The Kier molecular flexibility index (Phi) is 4.84. The standard InChI is InChI=1S/C20H22N2O4/c1-20(2,3)14-6-4-13(5-7-14)19(24)21-11-18(23)22-15-8-9-16-17(10-15)26-12-25-16/h4-10H,11-12H2,1-3H3,(H,21,24)(H,22,23). The first-order valence-corrected chi connectivity index (χ1v) is 8.41. The molecule has 1 aliphatic heterocycles. The van der Waals surface area contributed by atoms with Crippen molar-refractivity contribution in [1.29, 1.82) is 0 Å². The molecule has 0 aliphatic carbocycles. The molecule has 0 bridgehead atoms. The predicted octanol–water partition coefficient (Wildman–Crippen LogP) is 3.08. The van der Waals surface area contributed by atoms with Crippen molar-refractivity contribution >= 4 is 17.5 Å². The number of nitrogens with one attached hydrogen (secondary N) is 2. The molecule has 26 heavy (non-hydrogen) atoms. The van der Waals surface area contributed by atoms with Gasteiger partial charge in [-0.1, -0.05) is 32.9 Å². The quantitative estimate of drug-likeness (QED) is 0.885. The van der Waals surface area contributed by atoms with Crippen LogP contribution in [0.4, 0.5) is 5.69 Å². The highest BCUT2D eigenvalue weighted by atomic mass is 16.7. The number of carbonyl (C=O) groups is 2. The second-order valence-corrected chi connectivity index (χ2v) is 7.13. The lowest BCUT2D eigenvalue weighted by atomic mass is 9.87. The summed E-state index contributed by atoms with van der Waals surface area (Å²) in [6, 6.07) is 12.5. The second-order valence-electron chi connectivity index (χ2n) is 7.13. The van der Waals surface area contributed by atoms with Gasteiger partial charge in [-0.15, -0.1) is 0 Å². The van der Waals surface area contributed by atoms with E-state index in [-0.39, 0.29) is 30.6 Å². The topological polar surface area (TPSA) is 76.7 Å². The van der Waals surface area contributed by atoms with Crippen molar-refractivity contribution in [2.24, 2.45) is 0 Å². The minimum Gasteiger partial charge on any atom is -0.454 e. The Morgan fingerprint density at radius 1 is 1.00 bits per heavy atom. The Morgan fingerprint density at radius 3 is 2.38 bits per heavy atom. The van der Waals surface area contributed by atoms with Gasteiger partial charge >= 0.3 is 0 Å². The van der Waals surface area contributed by atoms with E-state index in [1.807, 2.05) is 12.1 Å². The van der Waals surface area contributed by atoms with Crippen molar-refractivity contribution in [3.63, 3.8) is 0 Å². The molecule has 0 atom stereocenters. The highest BCUT2D eigenvalue weighted by Crippen LogP contribution is 2.34. The average Bonchev–Trinajstić information content (AvgIpc) is 3.07. The summed E-state index contributed by atoms with van der Waals surface area (Å²) in [5.74, 6) is 0.635. The fourth-order valence-electron chi connectivity index (χ4n) is 2.56. The molecular formula is C20H22N2O4. The van der Waals surface area contributed by atoms with Crippen LogP contribution in [0.1, 0.15) is 36.7 Å². The van der Waals surface area contributed by atoms with Crippen molar-refractivity contribution in [3.05, 3.63) is 53.6 Å². The van der Waals surface area contributed by atoms with Crippen molar-refractivity contribution in [2.45, 2.75) is 26.2 Å². The van der Waals surface area contributed by atoms with Crippen LogP contribution in [0, 0.1) is 0 Å². The van der Waals surface area contributed by atoms with E-state index in [0.29, 0.717) is 22.7 Å². The molecular weight excluding hydrogens is 332 g/mol. The highest BCUT2D eigenvalue weighted by molar-refractivity contribution is 5.99. The number of fused-ring (bicyclic) bond motifs is 1. The fourth-order valence-corrected chi connectivity index (χ4v) is 2.56. The van der Waals surface area contributed by atoms with E-state index in [2.05, 4.69) is 31.4 Å². The van der Waals surface area contributed by atoms with Crippen LogP contribution in [-0.4, -0.2) is 25.2 Å². The molecule has 3 rings (SSSR count). The van der Waals surface area contributed by atoms with Gasteiger partial charge in [0.2, 0.25) is 12.7 Å². The number of benzene rings is 2. The monoisotopic (exact) mass is 354 g/mol. The Bertz CT molecular complexity index is 823. The Labute approximate surface area is 152 Å². The van der Waals surface area contributed by atoms with E-state index in [4.69, 9.17) is 9.47 Å². The van der Waals surface area contributed by atoms with Gasteiger partial charge in [-0.05, 0) is 35.2 Å². The molecule has 0 unspecified atom stereocenters. The van der Waals surface area contributed by atoms with E-state index >= 15 is 0 Å². The van der Waals surface area contributed by atoms with E-state index < -0.39 is 0 Å². The summed E-state index contributed by atoms with van der Waals surface area (Å²) in [7, 11) is 0. The molecule has 1 aliphatic rings. The zero-order valence-corrected chi connectivity index (χ0v) is 15.1. The molecule has 6 heteroatoms. The third-order valence-corrected chi connectivity index (χ3v) is 4.08. The molecule has 6 nitrogen and oxygen atoms in total. The summed E-state index contributed by atoms with van der Waals surface area (Å²) in [5.41, 5.74) is 2.28. The van der Waals surface area contributed by atoms with Gasteiger partial charge in [-0.2, -0.15) is 0 Å². The Morgan fingerprint density at radius 2 is 1.69 bits per heavy atom. The molecule has 2 N–H and O–H groups in total. The van der Waals surface area contributed by atoms with Gasteiger partial charge in [0.05, 0.1) is 6.54 Å². The molecule has 1 heterocycles. The number of hydrogen-bond donors (Lipinski definition) is 2. The Hall–Kier alpha value is -3.02. The summed E-state index contributed by atoms with van der Waals surface area (Å²) >= 11 is 0. The molecule has 0 radical (unpaired) electrons. The van der Waals surface area contributed by atoms with Gasteiger partial charge < -0.3 is 20.1 Å². The van der Waals surface area contributed by atoms with Gasteiger partial charge in [0.25, 0.3) is 5.91 Å². The van der Waals surface area contributed by atoms with Crippen LogP contribution in [0.5, 0.6) is 11.5 Å². The lowest BCUT2D eigenvalue weighted by Crippen LogP contribution is -2.32. The van der Waals surface area contributed by atoms with Crippen molar-refractivity contribution < 1.29 is 19.1 Å². The van der Waals surface area contributed by atoms with Crippen LogP contribution in [0.25, 0.3) is 0 Å². The van der Waals surface area contributed by atoms with Crippen molar-refractivity contribution in [2.75, 3.05) is 18.7 Å². The molecule has 0 spiro atoms. The number of carbonyl (C=O) groups excluding carboxylic acids is 2. The third kappa shape index (κ3) is 4.14. The average molecular weight is 354 g/mol. The normalized spacial score (nSPS) is 12.6. The maximum atomic E-state index is 12.2. The maximum absolute atomic E-state index is 12.2. The smallest absolute Gasteiger partial charge is 0.251 e. The fraction of sp³-hybridized carbons (Fsp3) is 0.300. The van der Waals surface area contributed by atoms with Crippen LogP contribution >= 0.6 is 0 Å². The summed E-state index contributed by atoms with van der Waals surface area (Å²) < 4.78 is 10.5. The first-order valence-electron chi connectivity index (χ1n) is 8.41. The number of rotatable bonds is 4. The van der Waals surface area contributed by atoms with Gasteiger partial charge in [-0.3, -0.25) is 9.59 Å². The van der Waals surface area contributed by atoms with E-state index in [1.165, 1.54) is 0 Å². The van der Waals surface area contributed by atoms with Gasteiger partial charge in [0.15, 0.2) is 11.5 Å². The van der Waals surface area contributed by atoms with Crippen LogP contribution in [-0.2, 0) is 10.2 Å². The maximum Gasteiger partial charge on any atom is 0.251 e. The zero-order valence-electron chi connectivity index (χ0n) is 15.1. The van der Waals surface area contributed by atoms with Crippen LogP contribution in [0.2, 0.25) is 0 Å². The largest absolute Gasteiger partial charge is 0.454 e. The summed E-state index contributed by atoms with van der Waals surface area (Å²) in [6.07, 6.45) is 0. The number of ether oxygens (including phenoxy) is 2. The summed E-state index contributed by atoms with van der Waals surface area (Å²) in [5, 5.41) is 5.34. The number of hydrogen-bond acceptors (Lipinski definition) is 4. The molecule has 0 fully saturated rings. The Balaban J connectivity index is 1.53.